The number of nitrogens with one attached hydrogen (secondary N) is 1. The van der Waals surface area contributed by atoms with Crippen LogP contribution in [0.25, 0.3) is 0 Å². The summed E-state index contributed by atoms with van der Waals surface area (Å²) in [6.07, 6.45) is 4.70. The summed E-state index contributed by atoms with van der Waals surface area (Å²) in [5.41, 5.74) is 6.12. The number of rotatable bonds is 6. The van der Waals surface area contributed by atoms with Crippen molar-refractivity contribution < 1.29 is 9.18 Å². The number of nitrogens with two attached hydrogens (primary N) is 1. The van der Waals surface area contributed by atoms with Crippen LogP contribution >= 0.6 is 0 Å². The third-order valence-corrected chi connectivity index (χ3v) is 3.71. The van der Waals surface area contributed by atoms with E-state index in [4.69, 9.17) is 5.73 Å². The SMILES string of the molecule is NCCN(CC(=O)Nc1cccc(F)c1)C1CCCC1. The highest BCUT2D eigenvalue weighted by Crippen LogP contribution is 2.23. The first-order chi connectivity index (χ1) is 9.69. The van der Waals surface area contributed by atoms with Crippen LogP contribution in [0, 0.1) is 5.82 Å². The van der Waals surface area contributed by atoms with Crippen molar-refractivity contribution in [2.45, 2.75) is 31.7 Å². The fraction of sp³-hybridized carbons (Fsp3) is 0.533. The molecule has 1 saturated carbocycles. The van der Waals surface area contributed by atoms with E-state index in [0.29, 0.717) is 24.8 Å². The van der Waals surface area contributed by atoms with Crippen LogP contribution in [0.5, 0.6) is 0 Å². The Balaban J connectivity index is 1.90. The van der Waals surface area contributed by atoms with E-state index >= 15 is 0 Å². The minimum Gasteiger partial charge on any atom is -0.329 e. The molecule has 0 unspecified atom stereocenters. The van der Waals surface area contributed by atoms with Crippen LogP contribution in [0.15, 0.2) is 24.3 Å². The van der Waals surface area contributed by atoms with Gasteiger partial charge in [0.1, 0.15) is 5.82 Å². The van der Waals surface area contributed by atoms with Gasteiger partial charge in [0.15, 0.2) is 0 Å². The van der Waals surface area contributed by atoms with Gasteiger partial charge >= 0.3 is 0 Å². The third kappa shape index (κ3) is 4.28. The van der Waals surface area contributed by atoms with Crippen molar-refractivity contribution in [3.63, 3.8) is 0 Å². The lowest BCUT2D eigenvalue weighted by Gasteiger charge is -2.27. The second-order valence-electron chi connectivity index (χ2n) is 5.26. The second kappa shape index (κ2) is 7.36. The van der Waals surface area contributed by atoms with Gasteiger partial charge in [-0.1, -0.05) is 18.9 Å². The minimum atomic E-state index is -0.350. The average Bonchev–Trinajstić information content (AvgIpc) is 2.92. The first kappa shape index (κ1) is 14.9. The Hall–Kier alpha value is -1.46. The summed E-state index contributed by atoms with van der Waals surface area (Å²) in [6.45, 7) is 1.59. The van der Waals surface area contributed by atoms with Crippen LogP contribution in [0.1, 0.15) is 25.7 Å². The van der Waals surface area contributed by atoms with Crippen molar-refractivity contribution in [2.24, 2.45) is 5.73 Å². The highest BCUT2D eigenvalue weighted by Gasteiger charge is 2.23. The van der Waals surface area contributed by atoms with Crippen molar-refractivity contribution in [1.82, 2.24) is 4.90 Å². The Morgan fingerprint density at radius 2 is 2.15 bits per heavy atom. The van der Waals surface area contributed by atoms with E-state index < -0.39 is 0 Å². The van der Waals surface area contributed by atoms with Gasteiger partial charge < -0.3 is 11.1 Å². The monoisotopic (exact) mass is 279 g/mol. The molecule has 0 heterocycles. The van der Waals surface area contributed by atoms with Gasteiger partial charge in [0.2, 0.25) is 5.91 Å². The highest BCUT2D eigenvalue weighted by molar-refractivity contribution is 5.92. The van der Waals surface area contributed by atoms with Gasteiger partial charge in [0.25, 0.3) is 0 Å². The molecule has 1 aliphatic carbocycles. The van der Waals surface area contributed by atoms with E-state index in [0.717, 1.165) is 19.4 Å². The molecule has 1 fully saturated rings. The molecule has 1 aromatic rings. The number of amides is 1. The van der Waals surface area contributed by atoms with Crippen molar-refractivity contribution in [3.05, 3.63) is 30.1 Å². The number of hydrogen-bond donors (Lipinski definition) is 2. The fourth-order valence-corrected chi connectivity index (χ4v) is 2.78. The lowest BCUT2D eigenvalue weighted by molar-refractivity contribution is -0.117. The van der Waals surface area contributed by atoms with E-state index in [9.17, 15) is 9.18 Å². The molecule has 0 aromatic heterocycles. The third-order valence-electron chi connectivity index (χ3n) is 3.71. The summed E-state index contributed by atoms with van der Waals surface area (Å²) in [6, 6.07) is 6.40. The molecule has 5 heteroatoms. The van der Waals surface area contributed by atoms with Crippen LogP contribution in [-0.4, -0.2) is 36.5 Å². The molecule has 110 valence electrons. The Kier molecular flexibility index (Phi) is 5.49. The van der Waals surface area contributed by atoms with E-state index in [1.165, 1.54) is 25.0 Å². The van der Waals surface area contributed by atoms with Crippen molar-refractivity contribution in [1.29, 1.82) is 0 Å². The van der Waals surface area contributed by atoms with Crippen LogP contribution in [-0.2, 0) is 4.79 Å². The summed E-state index contributed by atoms with van der Waals surface area (Å²) < 4.78 is 13.1. The molecule has 1 aromatic carbocycles. The first-order valence-electron chi connectivity index (χ1n) is 7.18. The van der Waals surface area contributed by atoms with Crippen molar-refractivity contribution in [3.8, 4) is 0 Å². The largest absolute Gasteiger partial charge is 0.329 e. The van der Waals surface area contributed by atoms with E-state index in [-0.39, 0.29) is 11.7 Å². The van der Waals surface area contributed by atoms with Crippen LogP contribution in [0.4, 0.5) is 10.1 Å². The molecule has 0 aliphatic heterocycles. The van der Waals surface area contributed by atoms with Gasteiger partial charge in [-0.2, -0.15) is 0 Å². The molecule has 0 radical (unpaired) electrons. The second-order valence-corrected chi connectivity index (χ2v) is 5.26. The van der Waals surface area contributed by atoms with Gasteiger partial charge in [0, 0.05) is 24.8 Å². The predicted molar refractivity (Wildman–Crippen MR) is 77.9 cm³/mol. The van der Waals surface area contributed by atoms with Gasteiger partial charge in [-0.3, -0.25) is 9.69 Å². The Morgan fingerprint density at radius 3 is 2.80 bits per heavy atom. The number of nitrogens with zero attached hydrogens (tertiary/aromatic N) is 1. The molecule has 1 aliphatic rings. The van der Waals surface area contributed by atoms with Gasteiger partial charge in [0.05, 0.1) is 6.54 Å². The van der Waals surface area contributed by atoms with E-state index in [1.54, 1.807) is 12.1 Å². The van der Waals surface area contributed by atoms with Crippen molar-refractivity contribution in [2.75, 3.05) is 25.0 Å². The van der Waals surface area contributed by atoms with E-state index in [2.05, 4.69) is 10.2 Å². The fourth-order valence-electron chi connectivity index (χ4n) is 2.78. The molecular formula is C15H22FN3O. The maximum Gasteiger partial charge on any atom is 0.238 e. The molecule has 0 bridgehead atoms. The first-order valence-corrected chi connectivity index (χ1v) is 7.18. The van der Waals surface area contributed by atoms with Crippen LogP contribution in [0.3, 0.4) is 0 Å². The van der Waals surface area contributed by atoms with Gasteiger partial charge in [-0.05, 0) is 31.0 Å². The number of carbonyl (C=O) groups excluding carboxylic acids is 1. The summed E-state index contributed by atoms with van der Waals surface area (Å²) in [4.78, 5) is 14.2. The summed E-state index contributed by atoms with van der Waals surface area (Å²) in [5, 5.41) is 2.73. The summed E-state index contributed by atoms with van der Waals surface area (Å²) in [5.74, 6) is -0.464. The molecule has 20 heavy (non-hydrogen) atoms. The molecular weight excluding hydrogens is 257 g/mol. The summed E-state index contributed by atoms with van der Waals surface area (Å²) >= 11 is 0. The zero-order valence-corrected chi connectivity index (χ0v) is 11.6. The lowest BCUT2D eigenvalue weighted by atomic mass is 10.2. The lowest BCUT2D eigenvalue weighted by Crippen LogP contribution is -2.42. The maximum atomic E-state index is 13.1. The number of benzene rings is 1. The quantitative estimate of drug-likeness (QED) is 0.837. The van der Waals surface area contributed by atoms with Gasteiger partial charge in [-0.25, -0.2) is 4.39 Å². The van der Waals surface area contributed by atoms with Gasteiger partial charge in [-0.15, -0.1) is 0 Å². The number of carbonyl (C=O) groups is 1. The standard InChI is InChI=1S/C15H22FN3O/c16-12-4-3-5-13(10-12)18-15(20)11-19(9-8-17)14-6-1-2-7-14/h3-5,10,14H,1-2,6-9,11,17H2,(H,18,20). The summed E-state index contributed by atoms with van der Waals surface area (Å²) in [7, 11) is 0. The average molecular weight is 279 g/mol. The molecule has 3 N–H and O–H groups in total. The predicted octanol–water partition coefficient (Wildman–Crippen LogP) is 1.97. The zero-order valence-electron chi connectivity index (χ0n) is 11.6. The highest BCUT2D eigenvalue weighted by atomic mass is 19.1. The van der Waals surface area contributed by atoms with E-state index in [1.807, 2.05) is 0 Å². The smallest absolute Gasteiger partial charge is 0.238 e. The molecule has 0 saturated heterocycles. The number of anilines is 1. The molecule has 2 rings (SSSR count). The molecule has 1 amide bonds. The number of halogens is 1. The Labute approximate surface area is 119 Å². The molecule has 4 nitrogen and oxygen atoms in total. The topological polar surface area (TPSA) is 58.4 Å². The minimum absolute atomic E-state index is 0.115. The molecule has 0 atom stereocenters. The maximum absolute atomic E-state index is 13.1. The number of hydrogen-bond acceptors (Lipinski definition) is 3. The molecule has 0 spiro atoms. The van der Waals surface area contributed by atoms with Crippen LogP contribution in [0.2, 0.25) is 0 Å². The van der Waals surface area contributed by atoms with Crippen molar-refractivity contribution >= 4 is 11.6 Å². The Morgan fingerprint density at radius 1 is 1.40 bits per heavy atom. The van der Waals surface area contributed by atoms with Crippen LogP contribution < -0.4 is 11.1 Å². The zero-order chi connectivity index (χ0) is 14.4. The Bertz CT molecular complexity index is 446. The normalized spacial score (nSPS) is 15.8.